The highest BCUT2D eigenvalue weighted by Crippen LogP contribution is 2.29. The van der Waals surface area contributed by atoms with E-state index < -0.39 is 48.5 Å². The molecule has 0 spiro atoms. The number of ether oxygens (including phenoxy) is 1. The Morgan fingerprint density at radius 1 is 1.27 bits per heavy atom. The molecular formula is C20H26BCl2N3O7. The molecule has 1 aromatic rings. The third-order valence-electron chi connectivity index (χ3n) is 5.94. The van der Waals surface area contributed by atoms with Crippen molar-refractivity contribution in [3.05, 3.63) is 33.8 Å². The van der Waals surface area contributed by atoms with Crippen LogP contribution in [0.15, 0.2) is 18.2 Å². The maximum atomic E-state index is 12.7. The van der Waals surface area contributed by atoms with Crippen molar-refractivity contribution in [1.29, 1.82) is 0 Å². The SMILES string of the molecule is COC(=O)[C@H]1[C@H]2O[B-]([C@H](CC(C)C)NC(=O)CNC(=O)c3cc(Cl)ccc3Cl)(OC2=O)[NH+]1C. The number of amides is 2. The van der Waals surface area contributed by atoms with E-state index in [-0.39, 0.29) is 23.0 Å². The van der Waals surface area contributed by atoms with Crippen LogP contribution in [-0.4, -0.2) is 69.2 Å². The van der Waals surface area contributed by atoms with E-state index in [1.807, 2.05) is 13.8 Å². The molecular weight excluding hydrogens is 476 g/mol. The Morgan fingerprint density at radius 2 is 1.97 bits per heavy atom. The van der Waals surface area contributed by atoms with E-state index in [1.165, 1.54) is 19.2 Å². The largest absolute Gasteiger partial charge is 0.612 e. The van der Waals surface area contributed by atoms with Gasteiger partial charge in [0.15, 0.2) is 12.1 Å². The summed E-state index contributed by atoms with van der Waals surface area (Å²) in [4.78, 5) is 50.3. The molecule has 2 heterocycles. The number of likely N-dealkylation sites (N-methyl/N-ethyl adjacent to an activating group) is 1. The molecule has 2 aliphatic heterocycles. The van der Waals surface area contributed by atoms with Crippen LogP contribution >= 0.6 is 23.2 Å². The Kier molecular flexibility index (Phi) is 7.57. The third-order valence-corrected chi connectivity index (χ3v) is 6.50. The van der Waals surface area contributed by atoms with Gasteiger partial charge >= 0.3 is 12.7 Å². The van der Waals surface area contributed by atoms with Crippen molar-refractivity contribution in [3.63, 3.8) is 0 Å². The first-order valence-electron chi connectivity index (χ1n) is 10.5. The van der Waals surface area contributed by atoms with Crippen LogP contribution in [0.2, 0.25) is 10.0 Å². The number of halogens is 2. The quantitative estimate of drug-likeness (QED) is 0.331. The summed E-state index contributed by atoms with van der Waals surface area (Å²) in [7, 11) is 2.89. The van der Waals surface area contributed by atoms with Gasteiger partial charge in [-0.1, -0.05) is 43.5 Å². The molecule has 3 rings (SSSR count). The van der Waals surface area contributed by atoms with Gasteiger partial charge in [0.05, 0.1) is 24.2 Å². The highest BCUT2D eigenvalue weighted by Gasteiger charge is 2.70. The van der Waals surface area contributed by atoms with E-state index in [9.17, 15) is 19.2 Å². The average molecular weight is 502 g/mol. The van der Waals surface area contributed by atoms with E-state index in [4.69, 9.17) is 37.2 Å². The van der Waals surface area contributed by atoms with Crippen LogP contribution in [0.3, 0.4) is 0 Å². The second-order valence-electron chi connectivity index (χ2n) is 8.62. The van der Waals surface area contributed by atoms with Crippen molar-refractivity contribution >= 4 is 53.6 Å². The first-order chi connectivity index (χ1) is 15.5. The van der Waals surface area contributed by atoms with Crippen molar-refractivity contribution in [2.24, 2.45) is 5.92 Å². The molecule has 0 aromatic heterocycles. The van der Waals surface area contributed by atoms with Crippen molar-refractivity contribution in [1.82, 2.24) is 10.6 Å². The summed E-state index contributed by atoms with van der Waals surface area (Å²) in [6, 6.07) is 3.53. The fourth-order valence-electron chi connectivity index (χ4n) is 4.42. The lowest BCUT2D eigenvalue weighted by Crippen LogP contribution is -3.26. The van der Waals surface area contributed by atoms with Gasteiger partial charge in [0.25, 0.3) is 11.9 Å². The fraction of sp³-hybridized carbons (Fsp3) is 0.500. The minimum Gasteiger partial charge on any atom is -0.612 e. The average Bonchev–Trinajstić information content (AvgIpc) is 3.25. The van der Waals surface area contributed by atoms with E-state index in [0.717, 1.165) is 0 Å². The molecule has 13 heteroatoms. The zero-order chi connectivity index (χ0) is 24.5. The third kappa shape index (κ3) is 4.96. The first-order valence-corrected chi connectivity index (χ1v) is 11.3. The number of fused-ring (bicyclic) bond motifs is 2. The van der Waals surface area contributed by atoms with Gasteiger partial charge in [-0.15, -0.1) is 0 Å². The van der Waals surface area contributed by atoms with Gasteiger partial charge in [-0.3, -0.25) is 14.4 Å². The normalized spacial score (nSPS) is 26.6. The number of esters is 1. The number of hydrogen-bond acceptors (Lipinski definition) is 7. The molecule has 0 aliphatic carbocycles. The smallest absolute Gasteiger partial charge is 0.548 e. The molecule has 2 amide bonds. The number of nitrogens with one attached hydrogen (secondary N) is 3. The summed E-state index contributed by atoms with van der Waals surface area (Å²) in [5.41, 5.74) is 0.135. The molecule has 0 radical (unpaired) electrons. The lowest BCUT2D eigenvalue weighted by atomic mass is 9.58. The second kappa shape index (κ2) is 9.88. The zero-order valence-corrected chi connectivity index (χ0v) is 20.2. The number of benzene rings is 1. The maximum Gasteiger partial charge on any atom is 0.548 e. The first kappa shape index (κ1) is 25.3. The van der Waals surface area contributed by atoms with Gasteiger partial charge in [-0.2, -0.15) is 0 Å². The molecule has 1 aromatic carbocycles. The van der Waals surface area contributed by atoms with Gasteiger partial charge in [0, 0.05) is 18.0 Å². The number of carbonyl (C=O) groups excluding carboxylic acids is 4. The highest BCUT2D eigenvalue weighted by molar-refractivity contribution is 6.65. The van der Waals surface area contributed by atoms with Gasteiger partial charge in [-0.25, -0.2) is 4.79 Å². The van der Waals surface area contributed by atoms with E-state index in [1.54, 1.807) is 13.1 Å². The summed E-state index contributed by atoms with van der Waals surface area (Å²) in [6.07, 6.45) is -0.695. The highest BCUT2D eigenvalue weighted by atomic mass is 35.5. The van der Waals surface area contributed by atoms with Crippen LogP contribution in [-0.2, 0) is 28.4 Å². The molecule has 5 atom stereocenters. The van der Waals surface area contributed by atoms with Gasteiger partial charge in [0.1, 0.15) is 0 Å². The van der Waals surface area contributed by atoms with Gasteiger partial charge in [0.2, 0.25) is 5.91 Å². The lowest BCUT2D eigenvalue weighted by Gasteiger charge is -2.43. The van der Waals surface area contributed by atoms with Crippen LogP contribution < -0.4 is 15.4 Å². The number of hydrogen-bond donors (Lipinski definition) is 3. The fourth-order valence-corrected chi connectivity index (χ4v) is 4.79. The summed E-state index contributed by atoms with van der Waals surface area (Å²) in [6.45, 7) is 1.08. The predicted molar refractivity (Wildman–Crippen MR) is 120 cm³/mol. The van der Waals surface area contributed by atoms with Crippen molar-refractivity contribution in [3.8, 4) is 0 Å². The number of quaternary nitrogens is 1. The molecule has 2 bridgehead atoms. The van der Waals surface area contributed by atoms with Crippen LogP contribution in [0.5, 0.6) is 0 Å². The Balaban J connectivity index is 1.74. The summed E-state index contributed by atoms with van der Waals surface area (Å²) in [5.74, 6) is -2.99. The molecule has 0 saturated carbocycles. The van der Waals surface area contributed by atoms with Gasteiger partial charge < -0.3 is 29.5 Å². The number of carbonyl (C=O) groups is 4. The molecule has 180 valence electrons. The zero-order valence-electron chi connectivity index (χ0n) is 18.6. The number of rotatable bonds is 8. The Hall–Kier alpha value is -2.34. The molecule has 2 fully saturated rings. The lowest BCUT2D eigenvalue weighted by molar-refractivity contribution is -0.799. The standard InChI is InChI=1S/C20H26BCl2N3O7/c1-10(2)7-14(21-26(3)16(19(29)31-4)17(32-21)20(30)33-21)25-15(27)9-24-18(28)12-8-11(22)5-6-13(12)23/h5-6,8,10,14,16-17,26H,7,9H2,1-4H3,(H,24,28)(H,25,27)/t14-,16+,17+,21?/m0/s1. The van der Waals surface area contributed by atoms with E-state index >= 15 is 0 Å². The van der Waals surface area contributed by atoms with Crippen LogP contribution in [0.25, 0.3) is 0 Å². The van der Waals surface area contributed by atoms with Crippen LogP contribution in [0.1, 0.15) is 30.6 Å². The summed E-state index contributed by atoms with van der Waals surface area (Å²) in [5, 5.41) is 5.83. The molecule has 2 saturated heterocycles. The minimum absolute atomic E-state index is 0.0951. The predicted octanol–water partition coefficient (Wildman–Crippen LogP) is -0.256. The summed E-state index contributed by atoms with van der Waals surface area (Å²) < 4.78 is 16.3. The van der Waals surface area contributed by atoms with Crippen molar-refractivity contribution in [2.45, 2.75) is 38.4 Å². The van der Waals surface area contributed by atoms with Gasteiger partial charge in [-0.05, 0) is 24.1 Å². The monoisotopic (exact) mass is 501 g/mol. The van der Waals surface area contributed by atoms with E-state index in [0.29, 0.717) is 16.3 Å². The molecule has 33 heavy (non-hydrogen) atoms. The van der Waals surface area contributed by atoms with E-state index in [2.05, 4.69) is 10.6 Å². The molecule has 2 aliphatic rings. The summed E-state index contributed by atoms with van der Waals surface area (Å²) >= 11 is 11.9. The van der Waals surface area contributed by atoms with Crippen LogP contribution in [0, 0.1) is 5.92 Å². The minimum atomic E-state index is -2.43. The molecule has 10 nitrogen and oxygen atoms in total. The Morgan fingerprint density at radius 3 is 2.61 bits per heavy atom. The van der Waals surface area contributed by atoms with Crippen LogP contribution in [0.4, 0.5) is 0 Å². The second-order valence-corrected chi connectivity index (χ2v) is 9.46. The number of methoxy groups -OCH3 is 1. The Bertz CT molecular complexity index is 979. The van der Waals surface area contributed by atoms with Crippen molar-refractivity contribution in [2.75, 3.05) is 20.7 Å². The van der Waals surface area contributed by atoms with Crippen molar-refractivity contribution < 1.29 is 38.0 Å². The topological polar surface area (TPSA) is 124 Å². The molecule has 3 N–H and O–H groups in total. The molecule has 2 unspecified atom stereocenters. The maximum absolute atomic E-state index is 12.7. The Labute approximate surface area is 201 Å².